The van der Waals surface area contributed by atoms with Gasteiger partial charge in [-0.1, -0.05) is 47.6 Å². The standard InChI is InChI=1S/C22H23F3N4O2.2CH2O/c1-16(23)30-19-9-7-17(8-10-19)15-28-11-13-29(14-12-28)21-26-20(27-31-21)22(24,25)18-5-3-2-4-6-18;2*1-2/h2-10,16H,11-15H2,1H3;2*1H2. The van der Waals surface area contributed by atoms with Crippen molar-refractivity contribution in [3.63, 3.8) is 0 Å². The molecule has 3 aromatic rings. The van der Waals surface area contributed by atoms with Crippen LogP contribution in [0.4, 0.5) is 19.2 Å². The van der Waals surface area contributed by atoms with Crippen LogP contribution in [0.15, 0.2) is 59.1 Å². The van der Waals surface area contributed by atoms with E-state index in [-0.39, 0.29) is 11.6 Å². The molecule has 8 nitrogen and oxygen atoms in total. The lowest BCUT2D eigenvalue weighted by Crippen LogP contribution is -2.46. The van der Waals surface area contributed by atoms with E-state index in [1.165, 1.54) is 19.1 Å². The molecule has 1 saturated heterocycles. The smallest absolute Gasteiger partial charge is 0.335 e. The van der Waals surface area contributed by atoms with Crippen LogP contribution in [0, 0.1) is 0 Å². The van der Waals surface area contributed by atoms with Crippen LogP contribution < -0.4 is 9.64 Å². The predicted octanol–water partition coefficient (Wildman–Crippen LogP) is 3.86. The zero-order valence-electron chi connectivity index (χ0n) is 19.3. The van der Waals surface area contributed by atoms with Crippen LogP contribution in [0.3, 0.4) is 0 Å². The van der Waals surface area contributed by atoms with E-state index >= 15 is 0 Å². The van der Waals surface area contributed by atoms with Gasteiger partial charge in [0.2, 0.25) is 12.2 Å². The van der Waals surface area contributed by atoms with Crippen molar-refractivity contribution in [2.24, 2.45) is 0 Å². The van der Waals surface area contributed by atoms with Gasteiger partial charge in [0.25, 0.3) is 0 Å². The van der Waals surface area contributed by atoms with Gasteiger partial charge in [-0.15, -0.1) is 0 Å². The quantitative estimate of drug-likeness (QED) is 0.491. The average Bonchev–Trinajstić information content (AvgIpc) is 3.40. The van der Waals surface area contributed by atoms with Gasteiger partial charge in [-0.25, -0.2) is 4.39 Å². The molecule has 0 radical (unpaired) electrons. The van der Waals surface area contributed by atoms with Crippen molar-refractivity contribution in [1.29, 1.82) is 0 Å². The highest BCUT2D eigenvalue weighted by Crippen LogP contribution is 2.34. The van der Waals surface area contributed by atoms with Gasteiger partial charge in [0.05, 0.1) is 0 Å². The van der Waals surface area contributed by atoms with Crippen LogP contribution in [-0.4, -0.2) is 61.2 Å². The van der Waals surface area contributed by atoms with Crippen LogP contribution in [0.2, 0.25) is 0 Å². The van der Waals surface area contributed by atoms with Crippen LogP contribution >= 0.6 is 0 Å². The molecule has 0 spiro atoms. The highest BCUT2D eigenvalue weighted by molar-refractivity contribution is 5.31. The highest BCUT2D eigenvalue weighted by Gasteiger charge is 2.40. The number of benzene rings is 2. The molecule has 0 amide bonds. The van der Waals surface area contributed by atoms with E-state index in [1.807, 2.05) is 30.6 Å². The third-order valence-electron chi connectivity index (χ3n) is 5.10. The Morgan fingerprint density at radius 1 is 1.00 bits per heavy atom. The topological polar surface area (TPSA) is 88.8 Å². The number of hydrogen-bond acceptors (Lipinski definition) is 8. The van der Waals surface area contributed by atoms with Gasteiger partial charge in [-0.05, 0) is 17.7 Å². The van der Waals surface area contributed by atoms with E-state index < -0.39 is 18.1 Å². The van der Waals surface area contributed by atoms with Crippen LogP contribution in [0.5, 0.6) is 5.75 Å². The third kappa shape index (κ3) is 7.38. The summed E-state index contributed by atoms with van der Waals surface area (Å²) in [5.41, 5.74) is 0.902. The van der Waals surface area contributed by atoms with Gasteiger partial charge in [0.15, 0.2) is 0 Å². The van der Waals surface area contributed by atoms with E-state index in [4.69, 9.17) is 18.8 Å². The molecule has 35 heavy (non-hydrogen) atoms. The molecule has 0 saturated carbocycles. The summed E-state index contributed by atoms with van der Waals surface area (Å²) in [6.45, 7) is 8.65. The fourth-order valence-corrected chi connectivity index (χ4v) is 3.46. The molecule has 1 unspecified atom stereocenters. The van der Waals surface area contributed by atoms with Crippen molar-refractivity contribution in [2.45, 2.75) is 25.7 Å². The maximum Gasteiger partial charge on any atom is 0.335 e. The lowest BCUT2D eigenvalue weighted by molar-refractivity contribution is -0.0987. The van der Waals surface area contributed by atoms with Crippen molar-refractivity contribution in [3.05, 3.63) is 71.5 Å². The Morgan fingerprint density at radius 2 is 1.60 bits per heavy atom. The molecule has 1 atom stereocenters. The molecule has 0 N–H and O–H groups in total. The molecule has 1 aromatic heterocycles. The summed E-state index contributed by atoms with van der Waals surface area (Å²) < 4.78 is 52.3. The Morgan fingerprint density at radius 3 is 2.17 bits per heavy atom. The number of rotatable bonds is 7. The molecule has 188 valence electrons. The van der Waals surface area contributed by atoms with Gasteiger partial charge >= 0.3 is 11.9 Å². The number of nitrogens with zero attached hydrogens (tertiary/aromatic N) is 4. The maximum absolute atomic E-state index is 14.6. The molecule has 0 aliphatic carbocycles. The molecule has 4 rings (SSSR count). The monoisotopic (exact) mass is 492 g/mol. The number of piperazine rings is 1. The summed E-state index contributed by atoms with van der Waals surface area (Å²) in [4.78, 5) is 24.0. The molecule has 1 aliphatic heterocycles. The molecular formula is C24H27F3N4O4. The molecule has 1 aliphatic rings. The molecular weight excluding hydrogens is 465 g/mol. The van der Waals surface area contributed by atoms with E-state index in [0.29, 0.717) is 31.9 Å². The Kier molecular flexibility index (Phi) is 10.4. The van der Waals surface area contributed by atoms with E-state index in [2.05, 4.69) is 15.0 Å². The van der Waals surface area contributed by atoms with Crippen molar-refractivity contribution >= 4 is 19.6 Å². The maximum atomic E-state index is 14.6. The second-order valence-corrected chi connectivity index (χ2v) is 7.41. The lowest BCUT2D eigenvalue weighted by atomic mass is 10.1. The summed E-state index contributed by atoms with van der Waals surface area (Å²) in [6.07, 6.45) is -1.35. The number of hydrogen-bond donors (Lipinski definition) is 0. The third-order valence-corrected chi connectivity index (χ3v) is 5.10. The van der Waals surface area contributed by atoms with Gasteiger partial charge in [-0.3, -0.25) is 4.90 Å². The Hall–Kier alpha value is -3.73. The number of ether oxygens (including phenoxy) is 1. The minimum atomic E-state index is -3.32. The molecule has 2 heterocycles. The van der Waals surface area contributed by atoms with E-state index in [1.54, 1.807) is 30.3 Å². The van der Waals surface area contributed by atoms with Crippen LogP contribution in [-0.2, 0) is 22.1 Å². The first-order valence-electron chi connectivity index (χ1n) is 10.6. The molecule has 0 bridgehead atoms. The lowest BCUT2D eigenvalue weighted by Gasteiger charge is -2.33. The number of carbonyl (C=O) groups excluding carboxylic acids is 2. The minimum absolute atomic E-state index is 0.104. The fourth-order valence-electron chi connectivity index (χ4n) is 3.46. The van der Waals surface area contributed by atoms with E-state index in [9.17, 15) is 13.2 Å². The SMILES string of the molecule is C=O.C=O.CC(F)Oc1ccc(CN2CCN(c3nc(C(F)(F)c4ccccc4)no3)CC2)cc1. The zero-order chi connectivity index (χ0) is 25.8. The number of alkyl halides is 3. The molecule has 1 fully saturated rings. The number of carbonyl (C=O) groups is 2. The number of anilines is 1. The van der Waals surface area contributed by atoms with Gasteiger partial charge in [0.1, 0.15) is 19.3 Å². The Bertz CT molecular complexity index is 1010. The summed E-state index contributed by atoms with van der Waals surface area (Å²) >= 11 is 0. The molecule has 2 aromatic carbocycles. The summed E-state index contributed by atoms with van der Waals surface area (Å²) in [5.74, 6) is -3.47. The number of aromatic nitrogens is 2. The summed E-state index contributed by atoms with van der Waals surface area (Å²) in [6, 6.07) is 14.8. The highest BCUT2D eigenvalue weighted by atomic mass is 19.3. The van der Waals surface area contributed by atoms with Crippen LogP contribution in [0.1, 0.15) is 23.9 Å². The second-order valence-electron chi connectivity index (χ2n) is 7.41. The number of halogens is 3. The first-order chi connectivity index (χ1) is 16.9. The first kappa shape index (κ1) is 27.5. The summed E-state index contributed by atoms with van der Waals surface area (Å²) in [5, 5.41) is 3.52. The van der Waals surface area contributed by atoms with Gasteiger partial charge in [0, 0.05) is 45.2 Å². The fraction of sp³-hybridized carbons (Fsp3) is 0.333. The van der Waals surface area contributed by atoms with Gasteiger partial charge < -0.3 is 23.7 Å². The van der Waals surface area contributed by atoms with Crippen molar-refractivity contribution in [1.82, 2.24) is 15.0 Å². The van der Waals surface area contributed by atoms with Crippen molar-refractivity contribution in [3.8, 4) is 5.75 Å². The van der Waals surface area contributed by atoms with E-state index in [0.717, 1.165) is 12.1 Å². The first-order valence-corrected chi connectivity index (χ1v) is 10.6. The normalized spacial score (nSPS) is 14.7. The second kappa shape index (κ2) is 13.2. The van der Waals surface area contributed by atoms with Crippen LogP contribution in [0.25, 0.3) is 0 Å². The Labute approximate surface area is 201 Å². The van der Waals surface area contributed by atoms with Crippen molar-refractivity contribution in [2.75, 3.05) is 31.1 Å². The average molecular weight is 492 g/mol. The predicted molar refractivity (Wildman–Crippen MR) is 123 cm³/mol. The summed E-state index contributed by atoms with van der Waals surface area (Å²) in [7, 11) is 0. The zero-order valence-corrected chi connectivity index (χ0v) is 19.3. The van der Waals surface area contributed by atoms with Gasteiger partial charge in [-0.2, -0.15) is 13.8 Å². The van der Waals surface area contributed by atoms with Crippen molar-refractivity contribution < 1.29 is 32.0 Å². The Balaban J connectivity index is 0.00000103. The molecule has 11 heteroatoms. The minimum Gasteiger partial charge on any atom is -0.461 e. The largest absolute Gasteiger partial charge is 0.461 e.